The molecule has 0 aliphatic rings. The summed E-state index contributed by atoms with van der Waals surface area (Å²) >= 11 is 7.28. The summed E-state index contributed by atoms with van der Waals surface area (Å²) in [5, 5.41) is 11.9. The van der Waals surface area contributed by atoms with Gasteiger partial charge in [-0.1, -0.05) is 29.4 Å². The molecule has 3 rings (SSSR count). The number of nitrogens with zero attached hydrogens (tertiary/aromatic N) is 3. The molecule has 1 atom stereocenters. The minimum absolute atomic E-state index is 0.0780. The number of hydrogen-bond donors (Lipinski definition) is 1. The van der Waals surface area contributed by atoms with E-state index in [1.807, 2.05) is 0 Å². The number of amides is 1. The highest BCUT2D eigenvalue weighted by Gasteiger charge is 2.21. The molecule has 0 saturated heterocycles. The van der Waals surface area contributed by atoms with Crippen LogP contribution in [0, 0.1) is 5.82 Å². The molecule has 34 heavy (non-hydrogen) atoms. The molecule has 0 aliphatic heterocycles. The maximum absolute atomic E-state index is 13.3. The Balaban J connectivity index is 1.71. The van der Waals surface area contributed by atoms with Gasteiger partial charge in [-0.25, -0.2) is 4.39 Å². The maximum Gasteiger partial charge on any atom is 0.234 e. The number of methoxy groups -OCH3 is 2. The van der Waals surface area contributed by atoms with Crippen molar-refractivity contribution in [2.45, 2.75) is 24.7 Å². The van der Waals surface area contributed by atoms with E-state index < -0.39 is 11.9 Å². The fraction of sp³-hybridized carbons (Fsp3) is 0.261. The second-order valence-electron chi connectivity index (χ2n) is 6.98. The van der Waals surface area contributed by atoms with Crippen molar-refractivity contribution in [2.24, 2.45) is 0 Å². The zero-order valence-electron chi connectivity index (χ0n) is 18.9. The Morgan fingerprint density at radius 2 is 2.00 bits per heavy atom. The van der Waals surface area contributed by atoms with Crippen molar-refractivity contribution in [2.75, 3.05) is 25.3 Å². The summed E-state index contributed by atoms with van der Waals surface area (Å²) in [6, 6.07) is 9.03. The van der Waals surface area contributed by atoms with Crippen LogP contribution in [0.4, 0.5) is 10.1 Å². The van der Waals surface area contributed by atoms with Crippen LogP contribution in [0.2, 0.25) is 5.02 Å². The number of ether oxygens (including phenoxy) is 3. The van der Waals surface area contributed by atoms with Gasteiger partial charge in [-0.3, -0.25) is 9.36 Å². The number of rotatable bonds is 11. The lowest BCUT2D eigenvalue weighted by Gasteiger charge is -2.16. The van der Waals surface area contributed by atoms with E-state index in [-0.39, 0.29) is 16.7 Å². The number of benzene rings is 2. The van der Waals surface area contributed by atoms with Crippen LogP contribution < -0.4 is 19.5 Å². The highest BCUT2D eigenvalue weighted by Crippen LogP contribution is 2.31. The van der Waals surface area contributed by atoms with Gasteiger partial charge in [-0.05, 0) is 37.3 Å². The highest BCUT2D eigenvalue weighted by atomic mass is 35.5. The fourth-order valence-electron chi connectivity index (χ4n) is 3.05. The van der Waals surface area contributed by atoms with Crippen LogP contribution >= 0.6 is 23.4 Å². The summed E-state index contributed by atoms with van der Waals surface area (Å²) in [6.07, 6.45) is 1.15. The number of hydrogen-bond acceptors (Lipinski definition) is 7. The van der Waals surface area contributed by atoms with E-state index in [9.17, 15) is 9.18 Å². The average molecular weight is 507 g/mol. The summed E-state index contributed by atoms with van der Waals surface area (Å²) < 4.78 is 31.5. The Morgan fingerprint density at radius 1 is 1.24 bits per heavy atom. The Morgan fingerprint density at radius 3 is 2.68 bits per heavy atom. The zero-order valence-corrected chi connectivity index (χ0v) is 20.5. The predicted octanol–water partition coefficient (Wildman–Crippen LogP) is 5.14. The van der Waals surface area contributed by atoms with E-state index in [0.29, 0.717) is 40.5 Å². The number of aromatic nitrogens is 3. The molecule has 0 saturated carbocycles. The quantitative estimate of drug-likeness (QED) is 0.284. The van der Waals surface area contributed by atoms with Gasteiger partial charge in [0.1, 0.15) is 23.1 Å². The number of nitrogens with one attached hydrogen (secondary N) is 1. The molecule has 3 aromatic rings. The Labute approximate surface area is 206 Å². The second-order valence-corrected chi connectivity index (χ2v) is 8.33. The van der Waals surface area contributed by atoms with E-state index in [1.165, 1.54) is 37.1 Å². The molecule has 8 nitrogen and oxygen atoms in total. The third-order valence-corrected chi connectivity index (χ3v) is 5.89. The van der Waals surface area contributed by atoms with Crippen molar-refractivity contribution >= 4 is 35.0 Å². The Kier molecular flexibility index (Phi) is 8.78. The summed E-state index contributed by atoms with van der Waals surface area (Å²) in [5.74, 6) is 1.31. The predicted molar refractivity (Wildman–Crippen MR) is 130 cm³/mol. The largest absolute Gasteiger partial charge is 0.497 e. The van der Waals surface area contributed by atoms with E-state index >= 15 is 0 Å². The van der Waals surface area contributed by atoms with Crippen LogP contribution in [0.1, 0.15) is 18.9 Å². The van der Waals surface area contributed by atoms with Crippen LogP contribution in [0.5, 0.6) is 17.2 Å². The van der Waals surface area contributed by atoms with E-state index in [1.54, 1.807) is 42.9 Å². The van der Waals surface area contributed by atoms with Crippen molar-refractivity contribution < 1.29 is 23.4 Å². The summed E-state index contributed by atoms with van der Waals surface area (Å²) in [6.45, 7) is 5.96. The molecule has 0 bridgehead atoms. The molecule has 11 heteroatoms. The molecule has 1 unspecified atom stereocenters. The minimum Gasteiger partial charge on any atom is -0.497 e. The SMILES string of the molecule is C=CCn1c(SCC(=O)Nc2cc(OC)ccc2OC)nnc1C(C)Oc1ccc(F)cc1Cl. The monoisotopic (exact) mass is 506 g/mol. The first kappa shape index (κ1) is 25.4. The van der Waals surface area contributed by atoms with Crippen LogP contribution in [0.25, 0.3) is 0 Å². The summed E-state index contributed by atoms with van der Waals surface area (Å²) in [4.78, 5) is 12.6. The van der Waals surface area contributed by atoms with Gasteiger partial charge in [-0.15, -0.1) is 16.8 Å². The van der Waals surface area contributed by atoms with E-state index in [0.717, 1.165) is 0 Å². The summed E-state index contributed by atoms with van der Waals surface area (Å²) in [5.41, 5.74) is 0.499. The number of halogens is 2. The van der Waals surface area contributed by atoms with Gasteiger partial charge in [0.2, 0.25) is 5.91 Å². The number of carbonyl (C=O) groups is 1. The smallest absolute Gasteiger partial charge is 0.234 e. The fourth-order valence-corrected chi connectivity index (χ4v) is 4.02. The number of allylic oxidation sites excluding steroid dienone is 1. The molecular formula is C23H24ClFN4O4S. The number of carbonyl (C=O) groups excluding carboxylic acids is 1. The average Bonchev–Trinajstić information content (AvgIpc) is 3.22. The molecule has 0 spiro atoms. The van der Waals surface area contributed by atoms with Crippen molar-refractivity contribution in [3.05, 3.63) is 65.7 Å². The van der Waals surface area contributed by atoms with Gasteiger partial charge in [0.05, 0.1) is 30.7 Å². The van der Waals surface area contributed by atoms with Crippen LogP contribution in [-0.4, -0.2) is 40.6 Å². The molecular weight excluding hydrogens is 483 g/mol. The van der Waals surface area contributed by atoms with E-state index in [2.05, 4.69) is 22.1 Å². The molecule has 0 radical (unpaired) electrons. The standard InChI is InChI=1S/C23H24ClFN4O4S/c1-5-10-29-22(14(2)33-19-8-6-15(25)11-17(19)24)27-28-23(29)34-13-21(30)26-18-12-16(31-3)7-9-20(18)32-4/h5-9,11-12,14H,1,10,13H2,2-4H3,(H,26,30). The van der Waals surface area contributed by atoms with Gasteiger partial charge >= 0.3 is 0 Å². The molecule has 1 N–H and O–H groups in total. The third kappa shape index (κ3) is 6.21. The molecule has 0 fully saturated rings. The third-order valence-electron chi connectivity index (χ3n) is 4.63. The molecule has 180 valence electrons. The first-order valence-corrected chi connectivity index (χ1v) is 11.5. The van der Waals surface area contributed by atoms with Gasteiger partial charge in [0.15, 0.2) is 17.1 Å². The topological polar surface area (TPSA) is 87.5 Å². The van der Waals surface area contributed by atoms with Crippen LogP contribution in [-0.2, 0) is 11.3 Å². The van der Waals surface area contributed by atoms with Crippen molar-refractivity contribution in [1.29, 1.82) is 0 Å². The molecule has 1 amide bonds. The van der Waals surface area contributed by atoms with Gasteiger partial charge in [0.25, 0.3) is 0 Å². The number of thioether (sulfide) groups is 1. The normalized spacial score (nSPS) is 11.6. The van der Waals surface area contributed by atoms with Gasteiger partial charge in [-0.2, -0.15) is 0 Å². The van der Waals surface area contributed by atoms with Crippen molar-refractivity contribution in [3.63, 3.8) is 0 Å². The molecule has 2 aromatic carbocycles. The van der Waals surface area contributed by atoms with Crippen molar-refractivity contribution in [3.8, 4) is 17.2 Å². The molecule has 1 heterocycles. The highest BCUT2D eigenvalue weighted by molar-refractivity contribution is 7.99. The lowest BCUT2D eigenvalue weighted by molar-refractivity contribution is -0.113. The lowest BCUT2D eigenvalue weighted by atomic mass is 10.2. The minimum atomic E-state index is -0.542. The first-order valence-electron chi connectivity index (χ1n) is 10.2. The number of anilines is 1. The lowest BCUT2D eigenvalue weighted by Crippen LogP contribution is -2.16. The van der Waals surface area contributed by atoms with Gasteiger partial charge in [0, 0.05) is 12.6 Å². The van der Waals surface area contributed by atoms with Crippen LogP contribution in [0.3, 0.4) is 0 Å². The molecule has 1 aromatic heterocycles. The maximum atomic E-state index is 13.3. The van der Waals surface area contributed by atoms with Crippen LogP contribution in [0.15, 0.2) is 54.2 Å². The second kappa shape index (κ2) is 11.8. The van der Waals surface area contributed by atoms with Gasteiger partial charge < -0.3 is 19.5 Å². The Bertz CT molecular complexity index is 1170. The van der Waals surface area contributed by atoms with Crippen molar-refractivity contribution in [1.82, 2.24) is 14.8 Å². The van der Waals surface area contributed by atoms with E-state index in [4.69, 9.17) is 25.8 Å². The Hall–Kier alpha value is -3.24. The summed E-state index contributed by atoms with van der Waals surface area (Å²) in [7, 11) is 3.07. The first-order chi connectivity index (χ1) is 16.4. The zero-order chi connectivity index (χ0) is 24.7. The molecule has 0 aliphatic carbocycles.